The van der Waals surface area contributed by atoms with Gasteiger partial charge in [-0.3, -0.25) is 0 Å². The van der Waals surface area contributed by atoms with Crippen molar-refractivity contribution in [3.05, 3.63) is 35.5 Å². The topological polar surface area (TPSA) is 83.7 Å². The number of methoxy groups -OCH3 is 2. The fourth-order valence-electron chi connectivity index (χ4n) is 1.69. The molecule has 2 rings (SSSR count). The van der Waals surface area contributed by atoms with Crippen molar-refractivity contribution in [2.24, 2.45) is 0 Å². The first-order valence-corrected chi connectivity index (χ1v) is 7.93. The molecule has 134 valence electrons. The summed E-state index contributed by atoms with van der Waals surface area (Å²) in [6, 6.07) is 5.13. The van der Waals surface area contributed by atoms with E-state index >= 15 is 0 Å². The fraction of sp³-hybridized carbons (Fsp3) is 0.267. The van der Waals surface area contributed by atoms with Gasteiger partial charge in [0, 0.05) is 6.08 Å². The van der Waals surface area contributed by atoms with Gasteiger partial charge in [0.2, 0.25) is 5.89 Å². The van der Waals surface area contributed by atoms with E-state index in [9.17, 15) is 4.79 Å². The standard InChI is InChI=1S/C15H13Cl3N2O5/c1-22-10-5-3-9(7-11(10)24-8-13(21)23-2)4-6-12-19-20-14(25-12)15(16,17)18/h3-7H,8H2,1-2H3. The van der Waals surface area contributed by atoms with Crippen LogP contribution in [0.1, 0.15) is 17.3 Å². The van der Waals surface area contributed by atoms with Crippen molar-refractivity contribution in [3.63, 3.8) is 0 Å². The third-order valence-corrected chi connectivity index (χ3v) is 3.35. The number of rotatable bonds is 6. The fourth-order valence-corrected chi connectivity index (χ4v) is 1.92. The van der Waals surface area contributed by atoms with Gasteiger partial charge in [0.05, 0.1) is 14.2 Å². The van der Waals surface area contributed by atoms with Gasteiger partial charge in [-0.25, -0.2) is 4.79 Å². The van der Waals surface area contributed by atoms with Crippen LogP contribution in [-0.4, -0.2) is 37.0 Å². The van der Waals surface area contributed by atoms with Crippen molar-refractivity contribution < 1.29 is 23.4 Å². The van der Waals surface area contributed by atoms with Gasteiger partial charge in [-0.2, -0.15) is 0 Å². The summed E-state index contributed by atoms with van der Waals surface area (Å²) in [4.78, 5) is 11.2. The lowest BCUT2D eigenvalue weighted by Crippen LogP contribution is -2.13. The van der Waals surface area contributed by atoms with Gasteiger partial charge in [0.25, 0.3) is 9.68 Å². The first-order valence-electron chi connectivity index (χ1n) is 6.80. The average Bonchev–Trinajstić information content (AvgIpc) is 3.07. The molecule has 1 heterocycles. The van der Waals surface area contributed by atoms with Crippen molar-refractivity contribution in [1.29, 1.82) is 0 Å². The van der Waals surface area contributed by atoms with Crippen LogP contribution >= 0.6 is 34.8 Å². The molecule has 2 aromatic rings. The number of alkyl halides is 3. The lowest BCUT2D eigenvalue weighted by Gasteiger charge is -2.10. The van der Waals surface area contributed by atoms with E-state index < -0.39 is 9.76 Å². The van der Waals surface area contributed by atoms with E-state index in [2.05, 4.69) is 14.9 Å². The zero-order valence-electron chi connectivity index (χ0n) is 13.2. The monoisotopic (exact) mass is 406 g/mol. The Kier molecular flexibility index (Phi) is 6.52. The molecule has 0 bridgehead atoms. The second-order valence-electron chi connectivity index (χ2n) is 4.55. The third kappa shape index (κ3) is 5.52. The molecule has 0 N–H and O–H groups in total. The molecule has 10 heteroatoms. The minimum atomic E-state index is -1.78. The Morgan fingerprint density at radius 1 is 1.20 bits per heavy atom. The molecule has 0 radical (unpaired) electrons. The Morgan fingerprint density at radius 2 is 1.96 bits per heavy atom. The van der Waals surface area contributed by atoms with E-state index in [0.29, 0.717) is 11.5 Å². The van der Waals surface area contributed by atoms with Crippen molar-refractivity contribution in [3.8, 4) is 11.5 Å². The van der Waals surface area contributed by atoms with Gasteiger partial charge in [0.15, 0.2) is 18.1 Å². The highest BCUT2D eigenvalue weighted by Gasteiger charge is 2.29. The number of hydrogen-bond donors (Lipinski definition) is 0. The summed E-state index contributed by atoms with van der Waals surface area (Å²) < 4.78 is 18.5. The van der Waals surface area contributed by atoms with E-state index in [1.54, 1.807) is 30.4 Å². The third-order valence-electron chi connectivity index (χ3n) is 2.86. The molecule has 0 amide bonds. The zero-order chi connectivity index (χ0) is 18.4. The van der Waals surface area contributed by atoms with Gasteiger partial charge in [-0.05, 0) is 23.8 Å². The Balaban J connectivity index is 2.16. The average molecular weight is 408 g/mol. The number of carbonyl (C=O) groups is 1. The van der Waals surface area contributed by atoms with Crippen molar-refractivity contribution in [2.45, 2.75) is 3.79 Å². The lowest BCUT2D eigenvalue weighted by molar-refractivity contribution is -0.142. The largest absolute Gasteiger partial charge is 0.493 e. The van der Waals surface area contributed by atoms with Gasteiger partial charge in [-0.1, -0.05) is 40.9 Å². The maximum atomic E-state index is 11.2. The van der Waals surface area contributed by atoms with Gasteiger partial charge < -0.3 is 18.6 Å². The van der Waals surface area contributed by atoms with Crippen LogP contribution in [-0.2, 0) is 13.3 Å². The maximum absolute atomic E-state index is 11.2. The summed E-state index contributed by atoms with van der Waals surface area (Å²) >= 11 is 17.0. The molecule has 0 fully saturated rings. The molecule has 25 heavy (non-hydrogen) atoms. The molecule has 0 aliphatic heterocycles. The van der Waals surface area contributed by atoms with Gasteiger partial charge in [0.1, 0.15) is 0 Å². The number of benzene rings is 1. The normalized spacial score (nSPS) is 11.6. The van der Waals surface area contributed by atoms with E-state index in [0.717, 1.165) is 5.56 Å². The molecule has 0 aliphatic carbocycles. The highest BCUT2D eigenvalue weighted by atomic mass is 35.6. The van der Waals surface area contributed by atoms with Crippen LogP contribution in [0.15, 0.2) is 22.6 Å². The molecule has 0 aliphatic rings. The number of esters is 1. The van der Waals surface area contributed by atoms with Crippen LogP contribution in [0.4, 0.5) is 0 Å². The smallest absolute Gasteiger partial charge is 0.343 e. The Morgan fingerprint density at radius 3 is 2.56 bits per heavy atom. The summed E-state index contributed by atoms with van der Waals surface area (Å²) in [5, 5.41) is 7.39. The number of nitrogens with zero attached hydrogens (tertiary/aromatic N) is 2. The van der Waals surface area contributed by atoms with E-state index in [1.807, 2.05) is 0 Å². The van der Waals surface area contributed by atoms with Crippen LogP contribution in [0.25, 0.3) is 12.2 Å². The van der Waals surface area contributed by atoms with Crippen LogP contribution in [0.3, 0.4) is 0 Å². The molecular weight excluding hydrogens is 395 g/mol. The number of ether oxygens (including phenoxy) is 3. The maximum Gasteiger partial charge on any atom is 0.343 e. The predicted molar refractivity (Wildman–Crippen MR) is 93.0 cm³/mol. The number of aromatic nitrogens is 2. The summed E-state index contributed by atoms with van der Waals surface area (Å²) in [6.07, 6.45) is 3.22. The van der Waals surface area contributed by atoms with E-state index in [4.69, 9.17) is 48.7 Å². The summed E-state index contributed by atoms with van der Waals surface area (Å²) in [7, 11) is 2.77. The molecular formula is C15H13Cl3N2O5. The molecule has 0 spiro atoms. The van der Waals surface area contributed by atoms with E-state index in [1.165, 1.54) is 14.2 Å². The molecule has 7 nitrogen and oxygen atoms in total. The van der Waals surface area contributed by atoms with Crippen molar-refractivity contribution in [2.75, 3.05) is 20.8 Å². The zero-order valence-corrected chi connectivity index (χ0v) is 15.4. The number of hydrogen-bond acceptors (Lipinski definition) is 7. The van der Waals surface area contributed by atoms with Gasteiger partial charge >= 0.3 is 5.97 Å². The summed E-state index contributed by atoms with van der Waals surface area (Å²) in [6.45, 7) is -0.240. The SMILES string of the molecule is COC(=O)COc1cc(C=Cc2nnc(C(Cl)(Cl)Cl)o2)ccc1OC. The van der Waals surface area contributed by atoms with Crippen LogP contribution in [0.5, 0.6) is 11.5 Å². The molecule has 1 aromatic carbocycles. The van der Waals surface area contributed by atoms with Crippen molar-refractivity contribution in [1.82, 2.24) is 10.2 Å². The second-order valence-corrected chi connectivity index (χ2v) is 6.83. The predicted octanol–water partition coefficient (Wildman–Crippen LogP) is 3.63. The Bertz CT molecular complexity index is 771. The van der Waals surface area contributed by atoms with Crippen molar-refractivity contribution >= 4 is 52.9 Å². The number of halogens is 3. The summed E-state index contributed by atoms with van der Waals surface area (Å²) in [5.74, 6) is 0.371. The van der Waals surface area contributed by atoms with E-state index in [-0.39, 0.29) is 18.4 Å². The highest BCUT2D eigenvalue weighted by Crippen LogP contribution is 2.37. The highest BCUT2D eigenvalue weighted by molar-refractivity contribution is 6.66. The minimum absolute atomic E-state index is 0.131. The minimum Gasteiger partial charge on any atom is -0.493 e. The molecule has 0 saturated heterocycles. The quantitative estimate of drug-likeness (QED) is 0.534. The Hall–Kier alpha value is -1.96. The molecule has 0 atom stereocenters. The van der Waals surface area contributed by atoms with Crippen LogP contribution in [0, 0.1) is 0 Å². The van der Waals surface area contributed by atoms with Gasteiger partial charge in [-0.15, -0.1) is 10.2 Å². The molecule has 0 unspecified atom stereocenters. The molecule has 1 aromatic heterocycles. The Labute approximate surface area is 158 Å². The van der Waals surface area contributed by atoms with Crippen LogP contribution in [0.2, 0.25) is 0 Å². The number of carbonyl (C=O) groups excluding carboxylic acids is 1. The van der Waals surface area contributed by atoms with Crippen LogP contribution < -0.4 is 9.47 Å². The summed E-state index contributed by atoms with van der Waals surface area (Å²) in [5.41, 5.74) is 0.731. The second kappa shape index (κ2) is 8.42. The first-order chi connectivity index (χ1) is 11.8. The first kappa shape index (κ1) is 19.4. The molecule has 0 saturated carbocycles. The lowest BCUT2D eigenvalue weighted by atomic mass is 10.2.